The Bertz CT molecular complexity index is 2680. The number of esters is 10. The first kappa shape index (κ1) is 67.1. The van der Waals surface area contributed by atoms with E-state index < -0.39 is 39.6 Å². The molecule has 12 rings (SSSR count). The highest BCUT2D eigenvalue weighted by atomic mass is 16.6. The van der Waals surface area contributed by atoms with Crippen molar-refractivity contribution in [2.24, 2.45) is 122 Å². The van der Waals surface area contributed by atoms with Gasteiger partial charge in [0.25, 0.3) is 0 Å². The Hall–Kier alpha value is -5.34. The van der Waals surface area contributed by atoms with Crippen molar-refractivity contribution in [3.8, 4) is 0 Å². The summed E-state index contributed by atoms with van der Waals surface area (Å²) >= 11 is 0. The number of fused-ring (bicyclic) bond motifs is 20. The molecule has 22 unspecified atom stereocenters. The monoisotopic (exact) mass is 1240 g/mol. The average molecular weight is 1240 g/mol. The molecule has 21 nitrogen and oxygen atoms in total. The maximum Gasteiger partial charge on any atom is 0.344 e. The van der Waals surface area contributed by atoms with E-state index in [0.717, 1.165) is 44.9 Å². The molecule has 88 heavy (non-hydrogen) atoms. The van der Waals surface area contributed by atoms with Gasteiger partial charge in [0.15, 0.2) is 13.2 Å². The zero-order valence-electron chi connectivity index (χ0n) is 54.3. The Kier molecular flexibility index (Phi) is 19.9. The van der Waals surface area contributed by atoms with Gasteiger partial charge in [-0.1, -0.05) is 34.6 Å². The van der Waals surface area contributed by atoms with Crippen LogP contribution in [-0.2, 0) is 100 Å². The molecule has 0 radical (unpaired) electrons. The molecule has 0 aromatic rings. The summed E-state index contributed by atoms with van der Waals surface area (Å²) in [5, 5.41) is 0. The van der Waals surface area contributed by atoms with Crippen LogP contribution >= 0.6 is 0 Å². The summed E-state index contributed by atoms with van der Waals surface area (Å²) in [7, 11) is 0. The summed E-state index contributed by atoms with van der Waals surface area (Å²) in [6.45, 7) is 28.3. The van der Waals surface area contributed by atoms with E-state index in [4.69, 9.17) is 52.1 Å². The van der Waals surface area contributed by atoms with E-state index in [9.17, 15) is 47.9 Å². The number of ether oxygens (including phenoxy) is 11. The molecule has 0 spiro atoms. The summed E-state index contributed by atoms with van der Waals surface area (Å²) in [4.78, 5) is 120. The Balaban J connectivity index is 0.000000140. The molecule has 8 bridgehead atoms. The lowest BCUT2D eigenvalue weighted by Gasteiger charge is -2.36. The normalized spacial score (nSPS) is 37.8. The molecule has 12 aliphatic rings. The Morgan fingerprint density at radius 1 is 0.386 bits per heavy atom. The Labute approximate surface area is 518 Å². The van der Waals surface area contributed by atoms with Crippen LogP contribution in [-0.4, -0.2) is 136 Å². The van der Waals surface area contributed by atoms with Gasteiger partial charge in [0.2, 0.25) is 0 Å². The average Bonchev–Trinajstić information content (AvgIpc) is 1.65. The van der Waals surface area contributed by atoms with Crippen molar-refractivity contribution >= 4 is 59.7 Å². The summed E-state index contributed by atoms with van der Waals surface area (Å²) in [6.07, 6.45) is 7.29. The van der Waals surface area contributed by atoms with Crippen molar-refractivity contribution in [3.05, 3.63) is 0 Å². The molecule has 4 aliphatic heterocycles. The van der Waals surface area contributed by atoms with Crippen LogP contribution in [0, 0.1) is 122 Å². The molecular formula is C67H98O21. The standard InChI is InChI=1S/C18H26O6.C17H24O6.C17H26O5.C15H22O4/c1-5-18(3,4)17(21)23-8-13(19)24-15-9(2)10-6-11(15)12-7-22-16(20)14(10)12;1-4-17(2,3)16(20)22-8-13(18)23-12-6-9-5-10(12)11-7-21-15(19)14(9)11;1-5-17(3,4)16(19)22-14-9-7-10(13(14)20-6-2)12-11(9)8-21-15(12)18;1-4-15(2,3)14(17)19-11-6-8-5-9(11)12-10(8)7-18-13(12)16/h9-12,14-15H,5-8H2,1-4H3;9-12,14H,4-8H2,1-3H3;9-14H,5-8H2,1-4H3;8-12H,4-7H2,1-3H3. The molecule has 8 aliphatic carbocycles. The highest BCUT2D eigenvalue weighted by Gasteiger charge is 2.67. The fourth-order valence-electron chi connectivity index (χ4n) is 16.7. The predicted octanol–water partition coefficient (Wildman–Crippen LogP) is 8.00. The third-order valence-electron chi connectivity index (χ3n) is 23.6. The van der Waals surface area contributed by atoms with Crippen LogP contribution in [0.4, 0.5) is 0 Å². The van der Waals surface area contributed by atoms with Gasteiger partial charge in [-0.15, -0.1) is 0 Å². The number of carbonyl (C=O) groups is 10. The number of rotatable bonds is 18. The van der Waals surface area contributed by atoms with Crippen LogP contribution < -0.4 is 0 Å². The van der Waals surface area contributed by atoms with Crippen molar-refractivity contribution in [2.45, 2.75) is 192 Å². The van der Waals surface area contributed by atoms with Crippen LogP contribution in [0.5, 0.6) is 0 Å². The van der Waals surface area contributed by atoms with Crippen molar-refractivity contribution in [1.82, 2.24) is 0 Å². The number of cyclic esters (lactones) is 4. The lowest BCUT2D eigenvalue weighted by Crippen LogP contribution is -2.47. The van der Waals surface area contributed by atoms with E-state index >= 15 is 0 Å². The second-order valence-corrected chi connectivity index (χ2v) is 29.9. The molecule has 21 heteroatoms. The minimum atomic E-state index is -0.602. The van der Waals surface area contributed by atoms with Gasteiger partial charge in [0, 0.05) is 59.9 Å². The van der Waals surface area contributed by atoms with Crippen molar-refractivity contribution in [2.75, 3.05) is 46.2 Å². The molecule has 22 atom stereocenters. The quantitative estimate of drug-likeness (QED) is 0.0928. The Morgan fingerprint density at radius 2 is 0.784 bits per heavy atom. The molecular weight excluding hydrogens is 1140 g/mol. The van der Waals surface area contributed by atoms with Gasteiger partial charge in [-0.25, -0.2) is 9.59 Å². The summed E-state index contributed by atoms with van der Waals surface area (Å²) in [6, 6.07) is 0. The molecule has 0 amide bonds. The number of hydrogen-bond acceptors (Lipinski definition) is 21. The highest BCUT2D eigenvalue weighted by molar-refractivity contribution is 5.82. The smallest absolute Gasteiger partial charge is 0.344 e. The summed E-state index contributed by atoms with van der Waals surface area (Å²) < 4.78 is 59.4. The second-order valence-electron chi connectivity index (χ2n) is 29.9. The maximum atomic E-state index is 12.5. The Morgan fingerprint density at radius 3 is 1.31 bits per heavy atom. The fourth-order valence-corrected chi connectivity index (χ4v) is 16.7. The van der Waals surface area contributed by atoms with Crippen LogP contribution in [0.1, 0.15) is 161 Å². The maximum absolute atomic E-state index is 12.5. The minimum Gasteiger partial charge on any atom is -0.465 e. The van der Waals surface area contributed by atoms with Gasteiger partial charge < -0.3 is 52.1 Å². The van der Waals surface area contributed by atoms with Crippen molar-refractivity contribution in [3.63, 3.8) is 0 Å². The molecule has 12 fully saturated rings. The first-order chi connectivity index (χ1) is 41.4. The van der Waals surface area contributed by atoms with Gasteiger partial charge in [0.1, 0.15) is 24.4 Å². The van der Waals surface area contributed by atoms with E-state index in [0.29, 0.717) is 64.1 Å². The largest absolute Gasteiger partial charge is 0.465 e. The third-order valence-corrected chi connectivity index (χ3v) is 23.6. The van der Waals surface area contributed by atoms with E-state index in [2.05, 4.69) is 0 Å². The van der Waals surface area contributed by atoms with Gasteiger partial charge in [-0.05, 0) is 150 Å². The van der Waals surface area contributed by atoms with E-state index in [1.54, 1.807) is 27.7 Å². The molecule has 492 valence electrons. The topological polar surface area (TPSA) is 272 Å². The first-order valence-electron chi connectivity index (χ1n) is 32.9. The zero-order valence-corrected chi connectivity index (χ0v) is 54.3. The number of carbonyl (C=O) groups excluding carboxylic acids is 10. The van der Waals surface area contributed by atoms with E-state index in [1.165, 1.54) is 0 Å². The lowest BCUT2D eigenvalue weighted by molar-refractivity contribution is -0.176. The second kappa shape index (κ2) is 26.1. The molecule has 4 heterocycles. The first-order valence-corrected chi connectivity index (χ1v) is 32.9. The van der Waals surface area contributed by atoms with Crippen LogP contribution in [0.15, 0.2) is 0 Å². The van der Waals surface area contributed by atoms with Crippen LogP contribution in [0.2, 0.25) is 0 Å². The van der Waals surface area contributed by atoms with Crippen molar-refractivity contribution in [1.29, 1.82) is 0 Å². The number of hydrogen-bond donors (Lipinski definition) is 0. The van der Waals surface area contributed by atoms with Crippen molar-refractivity contribution < 1.29 is 100 Å². The molecule has 0 N–H and O–H groups in total. The molecule has 8 saturated carbocycles. The summed E-state index contributed by atoms with van der Waals surface area (Å²) in [5.74, 6) is 0.376. The molecule has 0 aromatic heterocycles. The highest BCUT2D eigenvalue weighted by Crippen LogP contribution is 2.61. The predicted molar refractivity (Wildman–Crippen MR) is 310 cm³/mol. The SMILES string of the molecule is CCC(C)(C)C(=O)OC1CC2CC1C1C(=O)OCC21.CCC(C)(C)C(=O)OCC(=O)OC1C(C)C2CC1C1COC(=O)C21.CCC(C)(C)C(=O)OCC(=O)OC1CC2CC1C1COC(=O)C21.CCOC1C2CC(C3COC(=O)C32)C1OC(=O)C(C)(C)CC. The van der Waals surface area contributed by atoms with Gasteiger partial charge in [-0.3, -0.25) is 38.4 Å². The van der Waals surface area contributed by atoms with Gasteiger partial charge >= 0.3 is 59.7 Å². The third kappa shape index (κ3) is 12.8. The molecule has 4 saturated heterocycles. The zero-order chi connectivity index (χ0) is 64.3. The van der Waals surface area contributed by atoms with E-state index in [-0.39, 0.29) is 174 Å². The minimum absolute atomic E-state index is 0.00173. The van der Waals surface area contributed by atoms with Gasteiger partial charge in [-0.2, -0.15) is 0 Å². The van der Waals surface area contributed by atoms with E-state index in [1.807, 2.05) is 69.2 Å². The molecule has 0 aromatic carbocycles. The lowest BCUT2D eigenvalue weighted by atomic mass is 9.74. The van der Waals surface area contributed by atoms with Crippen LogP contribution in [0.25, 0.3) is 0 Å². The van der Waals surface area contributed by atoms with Crippen LogP contribution in [0.3, 0.4) is 0 Å². The van der Waals surface area contributed by atoms with Gasteiger partial charge in [0.05, 0.1) is 77.9 Å². The fraction of sp³-hybridized carbons (Fsp3) is 0.851. The summed E-state index contributed by atoms with van der Waals surface area (Å²) in [5.41, 5.74) is -2.12.